The number of anilines is 2. The van der Waals surface area contributed by atoms with Crippen LogP contribution in [0.3, 0.4) is 0 Å². The van der Waals surface area contributed by atoms with Crippen molar-refractivity contribution in [2.45, 2.75) is 36.5 Å². The number of nitrogens with zero attached hydrogens (tertiary/aromatic N) is 6. The van der Waals surface area contributed by atoms with E-state index < -0.39 is 25.9 Å². The lowest BCUT2D eigenvalue weighted by atomic mass is 10.0. The summed E-state index contributed by atoms with van der Waals surface area (Å²) in [6.45, 7) is 7.98. The molecule has 0 amide bonds. The van der Waals surface area contributed by atoms with Gasteiger partial charge in [0.1, 0.15) is 15.6 Å². The molecule has 20 heteroatoms. The van der Waals surface area contributed by atoms with E-state index >= 15 is 0 Å². The molecule has 0 radical (unpaired) electrons. The molecule has 62 heavy (non-hydrogen) atoms. The van der Waals surface area contributed by atoms with Crippen molar-refractivity contribution in [3.8, 4) is 0 Å². The Bertz CT molecular complexity index is 2780. The van der Waals surface area contributed by atoms with Gasteiger partial charge in [-0.25, -0.2) is 31.2 Å². The van der Waals surface area contributed by atoms with Crippen molar-refractivity contribution in [2.75, 3.05) is 62.2 Å². The summed E-state index contributed by atoms with van der Waals surface area (Å²) in [5.74, 6) is -0.443. The predicted molar refractivity (Wildman–Crippen MR) is 257 cm³/mol. The average Bonchev–Trinajstić information content (AvgIpc) is 3.89. The highest BCUT2D eigenvalue weighted by Crippen LogP contribution is 2.32. The molecule has 0 N–H and O–H groups in total. The minimum atomic E-state index is -3.66. The normalized spacial score (nSPS) is 15.4. The molecule has 0 spiro atoms. The largest absolute Gasteiger partial charge is 0.345 e. The van der Waals surface area contributed by atoms with Gasteiger partial charge in [0.2, 0.25) is 20.0 Å². The smallest absolute Gasteiger partial charge is 0.244 e. The Hall–Kier alpha value is -2.68. The molecule has 4 heterocycles. The first kappa shape index (κ1) is 47.3. The number of aromatic nitrogens is 2. The van der Waals surface area contributed by atoms with Crippen LogP contribution in [0.25, 0.3) is 0 Å². The number of thiazole rings is 2. The van der Waals surface area contributed by atoms with Gasteiger partial charge in [0.25, 0.3) is 0 Å². The summed E-state index contributed by atoms with van der Waals surface area (Å²) in [5, 5.41) is 6.35. The Balaban J connectivity index is 0.000000186. The van der Waals surface area contributed by atoms with Crippen LogP contribution in [0.1, 0.15) is 33.6 Å². The zero-order valence-electron chi connectivity index (χ0n) is 33.4. The maximum atomic E-state index is 13.3. The predicted octanol–water partition coefficient (Wildman–Crippen LogP) is 10.7. The number of halogens is 6. The van der Waals surface area contributed by atoms with E-state index in [1.807, 2.05) is 5.38 Å². The van der Waals surface area contributed by atoms with E-state index in [1.54, 1.807) is 53.8 Å². The van der Waals surface area contributed by atoms with E-state index in [0.717, 1.165) is 42.6 Å². The molecule has 0 atom stereocenters. The van der Waals surface area contributed by atoms with Crippen molar-refractivity contribution in [2.24, 2.45) is 0 Å². The Morgan fingerprint density at radius 3 is 1.44 bits per heavy atom. The topological polar surface area (TPSA) is 107 Å². The van der Waals surface area contributed by atoms with Crippen LogP contribution in [0.2, 0.25) is 15.1 Å². The molecule has 2 saturated heterocycles. The van der Waals surface area contributed by atoms with E-state index in [4.69, 9.17) is 39.8 Å². The lowest BCUT2D eigenvalue weighted by Crippen LogP contribution is -2.48. The van der Waals surface area contributed by atoms with Gasteiger partial charge in [-0.05, 0) is 73.5 Å². The van der Waals surface area contributed by atoms with Gasteiger partial charge in [-0.3, -0.25) is 0 Å². The van der Waals surface area contributed by atoms with Crippen molar-refractivity contribution in [1.29, 1.82) is 0 Å². The summed E-state index contributed by atoms with van der Waals surface area (Å²) in [4.78, 5) is 14.0. The van der Waals surface area contributed by atoms with E-state index in [1.165, 1.54) is 48.8 Å². The quantitative estimate of drug-likeness (QED) is 0.134. The number of aryl methyl sites for hydroxylation is 2. The van der Waals surface area contributed by atoms with Crippen LogP contribution in [0.5, 0.6) is 0 Å². The standard InChI is InChI=1S/C22H23BrClN3O2S2.C20H17BrCl2FN3O2S2/c1-15-9-16(2)11-17(10-15)12-19-14-30-22(25-19)26-5-7-27(8-6-26)31(28,29)21-4-3-18(23)13-20(21)24;21-14-2-4-19(17(23)11-14)31(28,29)27-7-5-26(6-8-27)20-25-15(12-30-20)9-13-1-3-18(24)16(22)10-13/h3-4,9-11,13-14H,5-8,12H2,1-2H3;1-4,10-12H,5-9H2. The van der Waals surface area contributed by atoms with Crippen molar-refractivity contribution < 1.29 is 21.2 Å². The molecule has 0 bridgehead atoms. The summed E-state index contributed by atoms with van der Waals surface area (Å²) in [6.07, 6.45) is 1.35. The minimum Gasteiger partial charge on any atom is -0.345 e. The first-order valence-corrected chi connectivity index (χ1v) is 26.6. The van der Waals surface area contributed by atoms with Gasteiger partial charge < -0.3 is 9.80 Å². The number of piperazine rings is 2. The lowest BCUT2D eigenvalue weighted by molar-refractivity contribution is 0.384. The molecule has 0 saturated carbocycles. The van der Waals surface area contributed by atoms with Crippen LogP contribution in [0, 0.1) is 19.7 Å². The first-order valence-electron chi connectivity index (χ1n) is 19.3. The van der Waals surface area contributed by atoms with E-state index in [-0.39, 0.29) is 24.9 Å². The molecule has 10 nitrogen and oxygen atoms in total. The van der Waals surface area contributed by atoms with Gasteiger partial charge in [-0.2, -0.15) is 8.61 Å². The molecule has 2 aliphatic heterocycles. The summed E-state index contributed by atoms with van der Waals surface area (Å²) in [6, 6.07) is 20.8. The second-order valence-electron chi connectivity index (χ2n) is 14.8. The van der Waals surface area contributed by atoms with Gasteiger partial charge >= 0.3 is 0 Å². The molecule has 2 fully saturated rings. The SMILES string of the molecule is Cc1cc(C)cc(Cc2csc(N3CCN(S(=O)(=O)c4ccc(Br)cc4Cl)CC3)n2)c1.O=S(=O)(c1ccc(Br)cc1Cl)N1CCN(c2nc(Cc3ccc(F)c(Cl)c3)cs2)CC1. The van der Waals surface area contributed by atoms with Crippen LogP contribution in [-0.4, -0.2) is 87.8 Å². The van der Waals surface area contributed by atoms with Gasteiger partial charge in [0.15, 0.2) is 10.3 Å². The number of benzene rings is 4. The second-order valence-corrected chi connectivity index (χ2v) is 23.3. The maximum Gasteiger partial charge on any atom is 0.244 e. The van der Waals surface area contributed by atoms with Crippen LogP contribution in [0.4, 0.5) is 14.7 Å². The highest BCUT2D eigenvalue weighted by molar-refractivity contribution is 9.10. The van der Waals surface area contributed by atoms with Crippen molar-refractivity contribution in [3.63, 3.8) is 0 Å². The minimum absolute atomic E-state index is 0.0937. The van der Waals surface area contributed by atoms with Crippen molar-refractivity contribution >= 4 is 120 Å². The van der Waals surface area contributed by atoms with Gasteiger partial charge in [0.05, 0.1) is 26.5 Å². The third-order valence-corrected chi connectivity index (χ3v) is 18.1. The summed E-state index contributed by atoms with van der Waals surface area (Å²) in [7, 11) is -7.29. The van der Waals surface area contributed by atoms with Crippen LogP contribution in [0.15, 0.2) is 102 Å². The van der Waals surface area contributed by atoms with Crippen LogP contribution < -0.4 is 9.80 Å². The maximum absolute atomic E-state index is 13.3. The lowest BCUT2D eigenvalue weighted by Gasteiger charge is -2.34. The fraction of sp³-hybridized carbons (Fsp3) is 0.286. The highest BCUT2D eigenvalue weighted by atomic mass is 79.9. The molecular formula is C42H40Br2Cl3FN6O4S4. The Morgan fingerprint density at radius 2 is 1.02 bits per heavy atom. The van der Waals surface area contributed by atoms with E-state index in [9.17, 15) is 21.2 Å². The summed E-state index contributed by atoms with van der Waals surface area (Å²) < 4.78 is 69.8. The van der Waals surface area contributed by atoms with Crippen LogP contribution >= 0.6 is 89.3 Å². The molecule has 0 aliphatic carbocycles. The second kappa shape index (κ2) is 20.2. The number of hydrogen-bond donors (Lipinski definition) is 0. The molecule has 2 aliphatic rings. The Kier molecular flexibility index (Phi) is 15.4. The number of sulfonamides is 2. The zero-order valence-corrected chi connectivity index (χ0v) is 42.1. The zero-order chi connectivity index (χ0) is 44.3. The van der Waals surface area contributed by atoms with Crippen molar-refractivity contribution in [1.82, 2.24) is 18.6 Å². The van der Waals surface area contributed by atoms with E-state index in [2.05, 4.69) is 84.1 Å². The third-order valence-electron chi connectivity index (χ3n) is 10.2. The highest BCUT2D eigenvalue weighted by Gasteiger charge is 2.32. The Morgan fingerprint density at radius 1 is 0.581 bits per heavy atom. The molecule has 0 unspecified atom stereocenters. The van der Waals surface area contributed by atoms with Crippen molar-refractivity contribution in [3.05, 3.63) is 147 Å². The Labute approximate surface area is 401 Å². The molecule has 328 valence electrons. The fourth-order valence-corrected chi connectivity index (χ4v) is 14.0. The fourth-order valence-electron chi connectivity index (χ4n) is 7.17. The first-order chi connectivity index (χ1) is 29.5. The summed E-state index contributed by atoms with van der Waals surface area (Å²) in [5.41, 5.74) is 6.56. The molecular weight excluding hydrogens is 1070 g/mol. The molecule has 8 rings (SSSR count). The van der Waals surface area contributed by atoms with Crippen LogP contribution in [-0.2, 0) is 32.9 Å². The monoisotopic (exact) mass is 1100 g/mol. The number of rotatable bonds is 10. The molecule has 2 aromatic heterocycles. The molecule has 4 aromatic carbocycles. The van der Waals surface area contributed by atoms with Gasteiger partial charge in [0, 0.05) is 84.9 Å². The third kappa shape index (κ3) is 11.4. The summed E-state index contributed by atoms with van der Waals surface area (Å²) >= 11 is 27.9. The van der Waals surface area contributed by atoms with Gasteiger partial charge in [-0.15, -0.1) is 22.7 Å². The number of hydrogen-bond acceptors (Lipinski definition) is 10. The van der Waals surface area contributed by atoms with Gasteiger partial charge in [-0.1, -0.05) is 102 Å². The molecule has 6 aromatic rings. The average molecular weight is 1110 g/mol. The van der Waals surface area contributed by atoms with E-state index in [0.29, 0.717) is 58.8 Å².